The summed E-state index contributed by atoms with van der Waals surface area (Å²) in [4.78, 5) is 0. The predicted octanol–water partition coefficient (Wildman–Crippen LogP) is 9.66. The summed E-state index contributed by atoms with van der Waals surface area (Å²) in [6.45, 7) is 5.71. The standard InChI is InChI=1S/C35H33F6NO3/c1-22-9-11-23(12-10-22)19-42-28-13-14-30-29(18-28)31(43-20-24-7-5-4-6-8-24)32(33(2,3)45-30)44-21-25-15-26(34(36,37)38)17-27(16-25)35(39,40)41/h4-18,31-32,42H,19-21H2,1-3H3. The van der Waals surface area contributed by atoms with Crippen LogP contribution < -0.4 is 10.1 Å². The highest BCUT2D eigenvalue weighted by Crippen LogP contribution is 2.45. The minimum atomic E-state index is -4.97. The topological polar surface area (TPSA) is 39.7 Å². The molecule has 2 unspecified atom stereocenters. The van der Waals surface area contributed by atoms with Crippen LogP contribution in [0.5, 0.6) is 5.75 Å². The summed E-state index contributed by atoms with van der Waals surface area (Å²) in [6.07, 6.45) is -11.6. The van der Waals surface area contributed by atoms with E-state index in [9.17, 15) is 26.3 Å². The molecule has 1 aliphatic rings. The number of rotatable bonds is 9. The Balaban J connectivity index is 1.46. The van der Waals surface area contributed by atoms with Crippen molar-refractivity contribution in [3.05, 3.63) is 130 Å². The molecule has 10 heteroatoms. The number of alkyl halides is 6. The van der Waals surface area contributed by atoms with Gasteiger partial charge in [-0.2, -0.15) is 26.3 Å². The third-order valence-electron chi connectivity index (χ3n) is 7.62. The Kier molecular flexibility index (Phi) is 9.19. The molecule has 0 saturated heterocycles. The molecule has 0 spiro atoms. The largest absolute Gasteiger partial charge is 0.485 e. The summed E-state index contributed by atoms with van der Waals surface area (Å²) in [5.41, 5.74) is 0.395. The molecule has 0 aromatic heterocycles. The number of ether oxygens (including phenoxy) is 3. The quantitative estimate of drug-likeness (QED) is 0.187. The maximum absolute atomic E-state index is 13.5. The normalized spacial score (nSPS) is 17.8. The Hall–Kier alpha value is -4.02. The van der Waals surface area contributed by atoms with Gasteiger partial charge < -0.3 is 19.5 Å². The number of benzene rings is 4. The Morgan fingerprint density at radius 1 is 0.711 bits per heavy atom. The molecule has 4 nitrogen and oxygen atoms in total. The van der Waals surface area contributed by atoms with Crippen LogP contribution >= 0.6 is 0 Å². The summed E-state index contributed by atoms with van der Waals surface area (Å²) in [6, 6.07) is 24.5. The van der Waals surface area contributed by atoms with Crippen LogP contribution in [-0.4, -0.2) is 11.7 Å². The minimum absolute atomic E-state index is 0.102. The van der Waals surface area contributed by atoms with Gasteiger partial charge in [-0.25, -0.2) is 0 Å². The maximum atomic E-state index is 13.5. The molecule has 238 valence electrons. The Bertz CT molecular complexity index is 1570. The number of anilines is 1. The number of hydrogen-bond acceptors (Lipinski definition) is 4. The van der Waals surface area contributed by atoms with E-state index in [1.54, 1.807) is 13.8 Å². The van der Waals surface area contributed by atoms with Crippen LogP contribution in [0.2, 0.25) is 0 Å². The van der Waals surface area contributed by atoms with Crippen molar-refractivity contribution in [3.63, 3.8) is 0 Å². The third kappa shape index (κ3) is 7.99. The minimum Gasteiger partial charge on any atom is -0.485 e. The second-order valence-corrected chi connectivity index (χ2v) is 11.7. The molecular formula is C35H33F6NO3. The third-order valence-corrected chi connectivity index (χ3v) is 7.62. The monoisotopic (exact) mass is 629 g/mol. The van der Waals surface area contributed by atoms with E-state index in [1.807, 2.05) is 79.7 Å². The molecule has 0 saturated carbocycles. The van der Waals surface area contributed by atoms with E-state index in [0.29, 0.717) is 30.0 Å². The molecule has 45 heavy (non-hydrogen) atoms. The van der Waals surface area contributed by atoms with E-state index in [2.05, 4.69) is 5.32 Å². The highest BCUT2D eigenvalue weighted by atomic mass is 19.4. The molecule has 5 rings (SSSR count). The van der Waals surface area contributed by atoms with E-state index in [4.69, 9.17) is 14.2 Å². The highest BCUT2D eigenvalue weighted by Gasteiger charge is 2.46. The van der Waals surface area contributed by atoms with Crippen molar-refractivity contribution in [1.82, 2.24) is 0 Å². The van der Waals surface area contributed by atoms with Gasteiger partial charge in [0.15, 0.2) is 0 Å². The first-order chi connectivity index (χ1) is 21.2. The first-order valence-corrected chi connectivity index (χ1v) is 14.4. The van der Waals surface area contributed by atoms with Crippen molar-refractivity contribution in [2.24, 2.45) is 0 Å². The van der Waals surface area contributed by atoms with Crippen molar-refractivity contribution >= 4 is 5.69 Å². The van der Waals surface area contributed by atoms with Gasteiger partial charge in [0, 0.05) is 17.8 Å². The average molecular weight is 630 g/mol. The van der Waals surface area contributed by atoms with E-state index < -0.39 is 47.9 Å². The second kappa shape index (κ2) is 12.8. The van der Waals surface area contributed by atoms with Gasteiger partial charge in [-0.1, -0.05) is 60.2 Å². The number of aryl methyl sites for hydroxylation is 1. The summed E-state index contributed by atoms with van der Waals surface area (Å²) >= 11 is 0. The van der Waals surface area contributed by atoms with Gasteiger partial charge in [-0.3, -0.25) is 0 Å². The molecule has 1 heterocycles. The van der Waals surface area contributed by atoms with Crippen molar-refractivity contribution in [3.8, 4) is 5.75 Å². The first-order valence-electron chi connectivity index (χ1n) is 14.4. The zero-order valence-electron chi connectivity index (χ0n) is 24.9. The van der Waals surface area contributed by atoms with Crippen molar-refractivity contribution in [1.29, 1.82) is 0 Å². The molecular weight excluding hydrogens is 596 g/mol. The lowest BCUT2D eigenvalue weighted by atomic mass is 9.87. The summed E-state index contributed by atoms with van der Waals surface area (Å²) < 4.78 is 100.0. The lowest BCUT2D eigenvalue weighted by Crippen LogP contribution is -2.51. The van der Waals surface area contributed by atoms with Crippen molar-refractivity contribution < 1.29 is 40.6 Å². The molecule has 0 bridgehead atoms. The molecule has 2 atom stereocenters. The SMILES string of the molecule is Cc1ccc(CNc2ccc3c(c2)C(OCc2ccccc2)C(OCc2cc(C(F)(F)F)cc(C(F)(F)F)c2)C(C)(C)O3)cc1. The van der Waals surface area contributed by atoms with Crippen molar-refractivity contribution in [2.45, 2.75) is 70.7 Å². The first kappa shape index (κ1) is 32.4. The number of nitrogens with one attached hydrogen (secondary N) is 1. The summed E-state index contributed by atoms with van der Waals surface area (Å²) in [7, 11) is 0. The molecule has 1 aliphatic heterocycles. The van der Waals surface area contributed by atoms with Crippen LogP contribution in [0.3, 0.4) is 0 Å². The molecule has 0 amide bonds. The number of hydrogen-bond donors (Lipinski definition) is 1. The lowest BCUT2D eigenvalue weighted by molar-refractivity contribution is -0.171. The van der Waals surface area contributed by atoms with Crippen LogP contribution in [-0.2, 0) is 41.6 Å². The van der Waals surface area contributed by atoms with E-state index in [0.717, 1.165) is 22.4 Å². The van der Waals surface area contributed by atoms with Gasteiger partial charge in [0.25, 0.3) is 0 Å². The maximum Gasteiger partial charge on any atom is 0.416 e. The van der Waals surface area contributed by atoms with Crippen LogP contribution in [0.4, 0.5) is 32.0 Å². The Morgan fingerprint density at radius 3 is 1.96 bits per heavy atom. The van der Waals surface area contributed by atoms with Crippen LogP contribution in [0.25, 0.3) is 0 Å². The van der Waals surface area contributed by atoms with Crippen LogP contribution in [0, 0.1) is 6.92 Å². The van der Waals surface area contributed by atoms with Gasteiger partial charge in [-0.15, -0.1) is 0 Å². The fourth-order valence-corrected chi connectivity index (χ4v) is 5.27. The Labute approximate surface area is 257 Å². The molecule has 4 aromatic carbocycles. The zero-order chi connectivity index (χ0) is 32.4. The number of fused-ring (bicyclic) bond motifs is 1. The fraction of sp³-hybridized carbons (Fsp3) is 0.314. The second-order valence-electron chi connectivity index (χ2n) is 11.7. The van der Waals surface area contributed by atoms with E-state index in [-0.39, 0.29) is 18.2 Å². The summed E-state index contributed by atoms with van der Waals surface area (Å²) in [5.74, 6) is 0.539. The van der Waals surface area contributed by atoms with Crippen molar-refractivity contribution in [2.75, 3.05) is 5.32 Å². The lowest BCUT2D eigenvalue weighted by Gasteiger charge is -2.44. The van der Waals surface area contributed by atoms with Gasteiger partial charge in [0.2, 0.25) is 0 Å². The highest BCUT2D eigenvalue weighted by molar-refractivity contribution is 5.54. The van der Waals surface area contributed by atoms with E-state index >= 15 is 0 Å². The predicted molar refractivity (Wildman–Crippen MR) is 159 cm³/mol. The van der Waals surface area contributed by atoms with Gasteiger partial charge >= 0.3 is 12.4 Å². The molecule has 0 radical (unpaired) electrons. The molecule has 1 N–H and O–H groups in total. The van der Waals surface area contributed by atoms with Crippen LogP contribution in [0.1, 0.15) is 58.9 Å². The van der Waals surface area contributed by atoms with Gasteiger partial charge in [-0.05, 0) is 73.9 Å². The Morgan fingerprint density at radius 2 is 1.33 bits per heavy atom. The average Bonchev–Trinajstić information content (AvgIpc) is 2.98. The number of halogens is 6. The fourth-order valence-electron chi connectivity index (χ4n) is 5.27. The van der Waals surface area contributed by atoms with Gasteiger partial charge in [0.05, 0.1) is 24.3 Å². The zero-order valence-corrected chi connectivity index (χ0v) is 24.9. The summed E-state index contributed by atoms with van der Waals surface area (Å²) in [5, 5.41) is 3.39. The van der Waals surface area contributed by atoms with Gasteiger partial charge in [0.1, 0.15) is 23.6 Å². The molecule has 0 fully saturated rings. The molecule has 0 aliphatic carbocycles. The van der Waals surface area contributed by atoms with Crippen LogP contribution in [0.15, 0.2) is 91.0 Å². The molecule has 4 aromatic rings. The smallest absolute Gasteiger partial charge is 0.416 e. The van der Waals surface area contributed by atoms with E-state index in [1.165, 1.54) is 0 Å².